The minimum absolute atomic E-state index is 0.144. The maximum Gasteiger partial charge on any atom is 0.314 e. The predicted molar refractivity (Wildman–Crippen MR) is 83.8 cm³/mol. The largest absolute Gasteiger partial charge is 0.496 e. The molecule has 0 heterocycles. The lowest BCUT2D eigenvalue weighted by atomic mass is 10.1. The van der Waals surface area contributed by atoms with Gasteiger partial charge in [0.05, 0.1) is 13.2 Å². The van der Waals surface area contributed by atoms with Gasteiger partial charge in [0.1, 0.15) is 5.75 Å². The van der Waals surface area contributed by atoms with Crippen LogP contribution in [-0.4, -0.2) is 38.9 Å². The number of methoxy groups -OCH3 is 1. The summed E-state index contributed by atoms with van der Waals surface area (Å²) in [5.41, 5.74) is 1.09. The maximum atomic E-state index is 11.6. The summed E-state index contributed by atoms with van der Waals surface area (Å²) in [7, 11) is 1.65. The van der Waals surface area contributed by atoms with E-state index < -0.39 is 0 Å². The molecule has 0 saturated carbocycles. The van der Waals surface area contributed by atoms with Crippen molar-refractivity contribution in [1.82, 2.24) is 10.6 Å². The van der Waals surface area contributed by atoms with Gasteiger partial charge in [0, 0.05) is 19.7 Å². The van der Waals surface area contributed by atoms with Gasteiger partial charge in [-0.3, -0.25) is 0 Å². The van der Waals surface area contributed by atoms with Crippen molar-refractivity contribution in [3.63, 3.8) is 0 Å². The molecule has 0 radical (unpaired) electrons. The first-order chi connectivity index (χ1) is 10.1. The predicted octanol–water partition coefficient (Wildman–Crippen LogP) is 2.35. The first-order valence-corrected chi connectivity index (χ1v) is 7.38. The number of carbonyl (C=O) groups excluding carboxylic acids is 1. The normalized spacial score (nSPS) is 10.5. The van der Waals surface area contributed by atoms with Crippen LogP contribution < -0.4 is 15.4 Å². The van der Waals surface area contributed by atoms with E-state index in [1.807, 2.05) is 38.1 Å². The van der Waals surface area contributed by atoms with E-state index in [9.17, 15) is 4.79 Å². The molecule has 0 aliphatic rings. The van der Waals surface area contributed by atoms with E-state index in [0.717, 1.165) is 24.2 Å². The molecule has 1 rings (SSSR count). The number of ether oxygens (including phenoxy) is 2. The molecule has 21 heavy (non-hydrogen) atoms. The van der Waals surface area contributed by atoms with Crippen LogP contribution in [0.5, 0.6) is 5.75 Å². The molecule has 0 spiro atoms. The summed E-state index contributed by atoms with van der Waals surface area (Å²) < 4.78 is 10.7. The smallest absolute Gasteiger partial charge is 0.314 e. The zero-order valence-electron chi connectivity index (χ0n) is 13.1. The standard InChI is InChI=1S/C16H26N2O3/c1-13(2)21-12-6-10-17-16(19)18-11-9-14-7-4-5-8-15(14)20-3/h4-5,7-8,13H,6,9-12H2,1-3H3,(H2,17,18,19). The molecule has 2 N–H and O–H groups in total. The molecule has 5 heteroatoms. The number of rotatable bonds is 9. The fourth-order valence-electron chi connectivity index (χ4n) is 1.88. The maximum absolute atomic E-state index is 11.6. The van der Waals surface area contributed by atoms with Crippen LogP contribution in [0.3, 0.4) is 0 Å². The molecule has 0 aromatic heterocycles. The van der Waals surface area contributed by atoms with Crippen molar-refractivity contribution < 1.29 is 14.3 Å². The Hall–Kier alpha value is -1.75. The molecule has 0 unspecified atom stereocenters. The number of carbonyl (C=O) groups is 1. The van der Waals surface area contributed by atoms with Crippen LogP contribution in [0.25, 0.3) is 0 Å². The van der Waals surface area contributed by atoms with Gasteiger partial charge in [-0.15, -0.1) is 0 Å². The summed E-state index contributed by atoms with van der Waals surface area (Å²) in [5.74, 6) is 0.852. The van der Waals surface area contributed by atoms with Gasteiger partial charge in [-0.2, -0.15) is 0 Å². The van der Waals surface area contributed by atoms with E-state index in [1.165, 1.54) is 0 Å². The lowest BCUT2D eigenvalue weighted by Gasteiger charge is -2.10. The number of nitrogens with one attached hydrogen (secondary N) is 2. The first kappa shape index (κ1) is 17.3. The second-order valence-corrected chi connectivity index (χ2v) is 5.02. The molecule has 2 amide bonds. The second kappa shape index (κ2) is 10.0. The average molecular weight is 294 g/mol. The monoisotopic (exact) mass is 294 g/mol. The van der Waals surface area contributed by atoms with Crippen LogP contribution >= 0.6 is 0 Å². The number of benzene rings is 1. The zero-order valence-corrected chi connectivity index (χ0v) is 13.1. The summed E-state index contributed by atoms with van der Waals surface area (Å²) >= 11 is 0. The van der Waals surface area contributed by atoms with Crippen molar-refractivity contribution in [1.29, 1.82) is 0 Å². The molecular weight excluding hydrogens is 268 g/mol. The lowest BCUT2D eigenvalue weighted by Crippen LogP contribution is -2.37. The van der Waals surface area contributed by atoms with Crippen LogP contribution in [0.1, 0.15) is 25.8 Å². The van der Waals surface area contributed by atoms with Crippen molar-refractivity contribution >= 4 is 6.03 Å². The van der Waals surface area contributed by atoms with Crippen molar-refractivity contribution in [3.05, 3.63) is 29.8 Å². The highest BCUT2D eigenvalue weighted by Crippen LogP contribution is 2.17. The topological polar surface area (TPSA) is 59.6 Å². The molecule has 1 aromatic rings. The molecule has 0 fully saturated rings. The first-order valence-electron chi connectivity index (χ1n) is 7.38. The highest BCUT2D eigenvalue weighted by atomic mass is 16.5. The van der Waals surface area contributed by atoms with Crippen LogP contribution in [0.15, 0.2) is 24.3 Å². The summed E-state index contributed by atoms with van der Waals surface area (Å²) in [5, 5.41) is 5.65. The Kier molecular flexibility index (Phi) is 8.28. The van der Waals surface area contributed by atoms with Crippen LogP contribution in [0, 0.1) is 0 Å². The van der Waals surface area contributed by atoms with E-state index in [2.05, 4.69) is 10.6 Å². The molecule has 0 aliphatic heterocycles. The van der Waals surface area contributed by atoms with Crippen LogP contribution in [0.2, 0.25) is 0 Å². The Balaban J connectivity index is 2.13. The molecule has 1 aromatic carbocycles. The third kappa shape index (κ3) is 7.56. The van der Waals surface area contributed by atoms with Gasteiger partial charge in [-0.25, -0.2) is 4.79 Å². The number of para-hydroxylation sites is 1. The van der Waals surface area contributed by atoms with Crippen molar-refractivity contribution in [2.75, 3.05) is 26.8 Å². The van der Waals surface area contributed by atoms with Crippen molar-refractivity contribution in [2.24, 2.45) is 0 Å². The minimum atomic E-state index is -0.144. The van der Waals surface area contributed by atoms with Gasteiger partial charge < -0.3 is 20.1 Å². The van der Waals surface area contributed by atoms with Crippen molar-refractivity contribution in [2.45, 2.75) is 32.8 Å². The van der Waals surface area contributed by atoms with E-state index in [0.29, 0.717) is 19.7 Å². The van der Waals surface area contributed by atoms with E-state index in [4.69, 9.17) is 9.47 Å². The van der Waals surface area contributed by atoms with E-state index >= 15 is 0 Å². The fourth-order valence-corrected chi connectivity index (χ4v) is 1.88. The summed E-state index contributed by atoms with van der Waals surface area (Å²) in [6, 6.07) is 7.68. The van der Waals surface area contributed by atoms with Crippen LogP contribution in [-0.2, 0) is 11.2 Å². The molecule has 5 nitrogen and oxygen atoms in total. The Labute approximate surface area is 127 Å². The second-order valence-electron chi connectivity index (χ2n) is 5.02. The Morgan fingerprint density at radius 2 is 1.90 bits per heavy atom. The lowest BCUT2D eigenvalue weighted by molar-refractivity contribution is 0.0774. The molecule has 118 valence electrons. The SMILES string of the molecule is COc1ccccc1CCNC(=O)NCCCOC(C)C. The Morgan fingerprint density at radius 3 is 2.62 bits per heavy atom. The van der Waals surface area contributed by atoms with Gasteiger partial charge in [-0.1, -0.05) is 18.2 Å². The number of hydrogen-bond donors (Lipinski definition) is 2. The highest BCUT2D eigenvalue weighted by molar-refractivity contribution is 5.73. The quantitative estimate of drug-likeness (QED) is 0.687. The third-order valence-electron chi connectivity index (χ3n) is 2.93. The van der Waals surface area contributed by atoms with E-state index in [-0.39, 0.29) is 12.1 Å². The van der Waals surface area contributed by atoms with Gasteiger partial charge in [-0.05, 0) is 38.3 Å². The minimum Gasteiger partial charge on any atom is -0.496 e. The number of amides is 2. The summed E-state index contributed by atoms with van der Waals surface area (Å²) in [4.78, 5) is 11.6. The summed E-state index contributed by atoms with van der Waals surface area (Å²) in [6.07, 6.45) is 1.80. The Bertz CT molecular complexity index is 422. The molecule has 0 aliphatic carbocycles. The van der Waals surface area contributed by atoms with E-state index in [1.54, 1.807) is 7.11 Å². The fraction of sp³-hybridized carbons (Fsp3) is 0.562. The van der Waals surface area contributed by atoms with Gasteiger partial charge >= 0.3 is 6.03 Å². The summed E-state index contributed by atoms with van der Waals surface area (Å²) in [6.45, 7) is 5.86. The zero-order chi connectivity index (χ0) is 15.5. The number of hydrogen-bond acceptors (Lipinski definition) is 3. The van der Waals surface area contributed by atoms with Gasteiger partial charge in [0.2, 0.25) is 0 Å². The third-order valence-corrected chi connectivity index (χ3v) is 2.93. The molecule has 0 bridgehead atoms. The molecular formula is C16H26N2O3. The highest BCUT2D eigenvalue weighted by Gasteiger charge is 2.03. The molecule has 0 atom stereocenters. The van der Waals surface area contributed by atoms with Crippen molar-refractivity contribution in [3.8, 4) is 5.75 Å². The Morgan fingerprint density at radius 1 is 1.19 bits per heavy atom. The van der Waals surface area contributed by atoms with Gasteiger partial charge in [0.25, 0.3) is 0 Å². The number of urea groups is 1. The average Bonchev–Trinajstić information content (AvgIpc) is 2.47. The van der Waals surface area contributed by atoms with Crippen LogP contribution in [0.4, 0.5) is 4.79 Å². The molecule has 0 saturated heterocycles. The van der Waals surface area contributed by atoms with Gasteiger partial charge in [0.15, 0.2) is 0 Å².